The minimum atomic E-state index is -0.486. The summed E-state index contributed by atoms with van der Waals surface area (Å²) in [6, 6.07) is 7.94. The molecule has 1 N–H and O–H groups in total. The van der Waals surface area contributed by atoms with E-state index in [0.717, 1.165) is 0 Å². The maximum Gasteiger partial charge on any atom is 0.254 e. The fourth-order valence-electron chi connectivity index (χ4n) is 2.40. The Morgan fingerprint density at radius 1 is 1.25 bits per heavy atom. The van der Waals surface area contributed by atoms with Crippen LogP contribution in [0.2, 0.25) is 0 Å². The number of hydrogen-bond donors (Lipinski definition) is 1. The Morgan fingerprint density at radius 2 is 1.92 bits per heavy atom. The zero-order chi connectivity index (χ0) is 17.7. The Labute approximate surface area is 141 Å². The Bertz CT molecular complexity index is 711. The highest BCUT2D eigenvalue weighted by Crippen LogP contribution is 2.16. The summed E-state index contributed by atoms with van der Waals surface area (Å²) in [4.78, 5) is 25.8. The summed E-state index contributed by atoms with van der Waals surface area (Å²) >= 11 is 0. The zero-order valence-electron chi connectivity index (χ0n) is 14.1. The topological polar surface area (TPSA) is 54.3 Å². The number of carbonyl (C=O) groups excluding carboxylic acids is 2. The fraction of sp³-hybridized carbons (Fsp3) is 0.333. The second-order valence-electron chi connectivity index (χ2n) is 5.80. The van der Waals surface area contributed by atoms with Gasteiger partial charge in [-0.1, -0.05) is 0 Å². The van der Waals surface area contributed by atoms with E-state index in [1.807, 2.05) is 13.8 Å². The zero-order valence-corrected chi connectivity index (χ0v) is 14.1. The highest BCUT2D eigenvalue weighted by Gasteiger charge is 2.19. The van der Waals surface area contributed by atoms with Crippen LogP contribution < -0.4 is 5.32 Å². The molecule has 2 aromatic rings. The predicted octanol–water partition coefficient (Wildman–Crippen LogP) is 2.60. The number of likely N-dealkylation sites (N-methyl/N-ethyl adjacent to an activating group) is 1. The molecular weight excluding hydrogens is 309 g/mol. The molecule has 5 nitrogen and oxygen atoms in total. The summed E-state index contributed by atoms with van der Waals surface area (Å²) in [6.07, 6.45) is 3.46. The summed E-state index contributed by atoms with van der Waals surface area (Å²) in [7, 11) is 0. The molecule has 0 aliphatic heterocycles. The number of carbonyl (C=O) groups is 2. The molecule has 2 rings (SSSR count). The van der Waals surface area contributed by atoms with Crippen LogP contribution in [0.4, 0.5) is 4.39 Å². The van der Waals surface area contributed by atoms with Crippen molar-refractivity contribution in [3.63, 3.8) is 0 Å². The van der Waals surface area contributed by atoms with Crippen LogP contribution in [0, 0.1) is 5.82 Å². The van der Waals surface area contributed by atoms with E-state index >= 15 is 0 Å². The van der Waals surface area contributed by atoms with Crippen LogP contribution in [0.3, 0.4) is 0 Å². The first kappa shape index (κ1) is 17.7. The predicted molar refractivity (Wildman–Crippen MR) is 90.6 cm³/mol. The molecule has 2 amide bonds. The fourth-order valence-corrected chi connectivity index (χ4v) is 2.40. The number of hydrogen-bond acceptors (Lipinski definition) is 2. The second-order valence-corrected chi connectivity index (χ2v) is 5.80. The number of halogens is 1. The largest absolute Gasteiger partial charge is 0.352 e. The highest BCUT2D eigenvalue weighted by atomic mass is 19.1. The monoisotopic (exact) mass is 331 g/mol. The molecule has 1 aromatic heterocycles. The quantitative estimate of drug-likeness (QED) is 0.884. The van der Waals surface area contributed by atoms with Gasteiger partial charge in [-0.05, 0) is 51.1 Å². The summed E-state index contributed by atoms with van der Waals surface area (Å²) < 4.78 is 15.9. The number of nitrogens with one attached hydrogen (secondary N) is 1. The first-order valence-electron chi connectivity index (χ1n) is 7.94. The van der Waals surface area contributed by atoms with Gasteiger partial charge in [-0.25, -0.2) is 4.39 Å². The van der Waals surface area contributed by atoms with E-state index in [4.69, 9.17) is 0 Å². The average molecular weight is 331 g/mol. The van der Waals surface area contributed by atoms with Crippen molar-refractivity contribution in [3.05, 3.63) is 54.1 Å². The molecule has 0 spiro atoms. The third-order valence-electron chi connectivity index (χ3n) is 3.53. The van der Waals surface area contributed by atoms with Crippen molar-refractivity contribution in [3.8, 4) is 5.69 Å². The number of rotatable bonds is 6. The Morgan fingerprint density at radius 3 is 2.46 bits per heavy atom. The number of nitrogens with zero attached hydrogens (tertiary/aromatic N) is 2. The smallest absolute Gasteiger partial charge is 0.254 e. The van der Waals surface area contributed by atoms with E-state index in [2.05, 4.69) is 5.32 Å². The SMILES string of the molecule is CCN(CC(=O)NC(C)C)C(=O)c1ccc(-n2cccc2)c(F)c1. The van der Waals surface area contributed by atoms with Gasteiger partial charge in [0, 0.05) is 30.5 Å². The number of amides is 2. The molecule has 128 valence electrons. The van der Waals surface area contributed by atoms with E-state index in [1.54, 1.807) is 48.1 Å². The van der Waals surface area contributed by atoms with Gasteiger partial charge >= 0.3 is 0 Å². The van der Waals surface area contributed by atoms with E-state index < -0.39 is 5.82 Å². The molecule has 0 radical (unpaired) electrons. The lowest BCUT2D eigenvalue weighted by molar-refractivity contribution is -0.122. The average Bonchev–Trinajstić information content (AvgIpc) is 3.05. The van der Waals surface area contributed by atoms with Gasteiger partial charge in [-0.2, -0.15) is 0 Å². The maximum absolute atomic E-state index is 14.3. The summed E-state index contributed by atoms with van der Waals surface area (Å²) in [5.41, 5.74) is 0.597. The number of benzene rings is 1. The number of aromatic nitrogens is 1. The van der Waals surface area contributed by atoms with Gasteiger partial charge < -0.3 is 14.8 Å². The lowest BCUT2D eigenvalue weighted by Crippen LogP contribution is -2.42. The van der Waals surface area contributed by atoms with Crippen LogP contribution in [0.1, 0.15) is 31.1 Å². The molecule has 0 unspecified atom stereocenters. The molecule has 1 aromatic carbocycles. The van der Waals surface area contributed by atoms with Gasteiger partial charge in [0.15, 0.2) is 0 Å². The van der Waals surface area contributed by atoms with Crippen LogP contribution in [0.15, 0.2) is 42.7 Å². The van der Waals surface area contributed by atoms with Crippen LogP contribution in [0.25, 0.3) is 5.69 Å². The van der Waals surface area contributed by atoms with Crippen LogP contribution in [0.5, 0.6) is 0 Å². The van der Waals surface area contributed by atoms with E-state index in [1.165, 1.54) is 11.0 Å². The van der Waals surface area contributed by atoms with Gasteiger partial charge in [0.1, 0.15) is 5.82 Å². The molecule has 6 heteroatoms. The minimum absolute atomic E-state index is 0.00427. The second kappa shape index (κ2) is 7.77. The van der Waals surface area contributed by atoms with Gasteiger partial charge in [-0.15, -0.1) is 0 Å². The molecule has 0 fully saturated rings. The minimum Gasteiger partial charge on any atom is -0.352 e. The molecular formula is C18H22FN3O2. The first-order valence-corrected chi connectivity index (χ1v) is 7.94. The van der Waals surface area contributed by atoms with Gasteiger partial charge in [0.2, 0.25) is 5.91 Å². The molecule has 0 atom stereocenters. The molecule has 0 aliphatic rings. The Hall–Kier alpha value is -2.63. The van der Waals surface area contributed by atoms with Crippen LogP contribution >= 0.6 is 0 Å². The van der Waals surface area contributed by atoms with Gasteiger partial charge in [-0.3, -0.25) is 9.59 Å². The molecule has 0 bridgehead atoms. The van der Waals surface area contributed by atoms with Crippen molar-refractivity contribution in [2.75, 3.05) is 13.1 Å². The van der Waals surface area contributed by atoms with Crippen molar-refractivity contribution < 1.29 is 14.0 Å². The third-order valence-corrected chi connectivity index (χ3v) is 3.53. The summed E-state index contributed by atoms with van der Waals surface area (Å²) in [5, 5.41) is 2.74. The van der Waals surface area contributed by atoms with Crippen molar-refractivity contribution in [2.24, 2.45) is 0 Å². The third kappa shape index (κ3) is 4.22. The molecule has 0 aliphatic carbocycles. The lowest BCUT2D eigenvalue weighted by Gasteiger charge is -2.21. The standard InChI is InChI=1S/C18H22FN3O2/c1-4-21(12-17(23)20-13(2)3)18(24)14-7-8-16(15(19)11-14)22-9-5-6-10-22/h5-11,13H,4,12H2,1-3H3,(H,20,23). The van der Waals surface area contributed by atoms with Crippen LogP contribution in [-0.2, 0) is 4.79 Å². The first-order chi connectivity index (χ1) is 11.4. The molecule has 0 saturated carbocycles. The van der Waals surface area contributed by atoms with Crippen molar-refractivity contribution in [1.82, 2.24) is 14.8 Å². The van der Waals surface area contributed by atoms with Crippen molar-refractivity contribution in [1.29, 1.82) is 0 Å². The van der Waals surface area contributed by atoms with E-state index in [-0.39, 0.29) is 30.0 Å². The van der Waals surface area contributed by atoms with Crippen LogP contribution in [-0.4, -0.2) is 40.4 Å². The molecule has 0 saturated heterocycles. The molecule has 24 heavy (non-hydrogen) atoms. The van der Waals surface area contributed by atoms with Crippen molar-refractivity contribution >= 4 is 11.8 Å². The van der Waals surface area contributed by atoms with Crippen molar-refractivity contribution in [2.45, 2.75) is 26.8 Å². The Kier molecular flexibility index (Phi) is 5.73. The van der Waals surface area contributed by atoms with Gasteiger partial charge in [0.05, 0.1) is 12.2 Å². The Balaban J connectivity index is 2.16. The lowest BCUT2D eigenvalue weighted by atomic mass is 10.1. The normalized spacial score (nSPS) is 10.7. The van der Waals surface area contributed by atoms with Gasteiger partial charge in [0.25, 0.3) is 5.91 Å². The maximum atomic E-state index is 14.3. The van der Waals surface area contributed by atoms with E-state index in [0.29, 0.717) is 12.2 Å². The summed E-state index contributed by atoms with van der Waals surface area (Å²) in [5.74, 6) is -1.08. The highest BCUT2D eigenvalue weighted by molar-refractivity contribution is 5.96. The molecule has 1 heterocycles. The van der Waals surface area contributed by atoms with E-state index in [9.17, 15) is 14.0 Å². The summed E-state index contributed by atoms with van der Waals surface area (Å²) in [6.45, 7) is 5.81.